The first-order valence-electron chi connectivity index (χ1n) is 9.17. The summed E-state index contributed by atoms with van der Waals surface area (Å²) < 4.78 is 44.1. The Labute approximate surface area is 168 Å². The summed E-state index contributed by atoms with van der Waals surface area (Å²) in [5, 5.41) is 2.29. The molecule has 0 bridgehead atoms. The number of amides is 1. The Morgan fingerprint density at radius 3 is 2.55 bits per heavy atom. The van der Waals surface area contributed by atoms with E-state index in [2.05, 4.69) is 10.3 Å². The summed E-state index contributed by atoms with van der Waals surface area (Å²) in [5.74, 6) is 0.634. The summed E-state index contributed by atoms with van der Waals surface area (Å²) in [6.45, 7) is 1.53. The van der Waals surface area contributed by atoms with Gasteiger partial charge in [0, 0.05) is 24.2 Å². The molecule has 7 heteroatoms. The van der Waals surface area contributed by atoms with Gasteiger partial charge in [0.15, 0.2) is 0 Å². The fourth-order valence-corrected chi connectivity index (χ4v) is 2.56. The van der Waals surface area contributed by atoms with E-state index >= 15 is 0 Å². The lowest BCUT2D eigenvalue weighted by molar-refractivity contribution is -0.108. The average molecular weight is 404 g/mol. The Bertz CT molecular complexity index is 829. The van der Waals surface area contributed by atoms with Crippen molar-refractivity contribution in [1.82, 2.24) is 10.3 Å². The number of halogens is 3. The normalized spacial score (nSPS) is 12.6. The van der Waals surface area contributed by atoms with Crippen molar-refractivity contribution < 1.29 is 22.7 Å². The van der Waals surface area contributed by atoms with Crippen molar-refractivity contribution in [3.8, 4) is 5.75 Å². The van der Waals surface area contributed by atoms with Crippen LogP contribution in [0.25, 0.3) is 5.57 Å². The van der Waals surface area contributed by atoms with Gasteiger partial charge in [-0.1, -0.05) is 18.2 Å². The molecule has 0 saturated heterocycles. The molecule has 1 amide bonds. The standard InChI is InChI=1S/C22H23F3N2O2/c1-17(22(23,24)25)13-20(15-27-16-28)19-7-9-21(10-8-19)29-12-3-2-5-18-6-4-11-26-14-18/h4,6-11,13-16H,2-3,5,12H2,1H3,(H,27,28)/b17-13+,20-15+. The van der Waals surface area contributed by atoms with Crippen molar-refractivity contribution in [3.05, 3.63) is 77.8 Å². The number of hydrogen-bond donors (Lipinski definition) is 1. The van der Waals surface area contributed by atoms with E-state index in [1.807, 2.05) is 18.3 Å². The predicted molar refractivity (Wildman–Crippen MR) is 106 cm³/mol. The van der Waals surface area contributed by atoms with Crippen LogP contribution in [0.5, 0.6) is 5.75 Å². The summed E-state index contributed by atoms with van der Waals surface area (Å²) >= 11 is 0. The molecule has 4 nitrogen and oxygen atoms in total. The Hall–Kier alpha value is -3.09. The van der Waals surface area contributed by atoms with Crippen LogP contribution < -0.4 is 10.1 Å². The Morgan fingerprint density at radius 2 is 1.93 bits per heavy atom. The highest BCUT2D eigenvalue weighted by molar-refractivity contribution is 5.76. The Morgan fingerprint density at radius 1 is 1.17 bits per heavy atom. The van der Waals surface area contributed by atoms with E-state index in [0.717, 1.165) is 32.3 Å². The highest BCUT2D eigenvalue weighted by Gasteiger charge is 2.30. The fraction of sp³-hybridized carbons (Fsp3) is 0.273. The van der Waals surface area contributed by atoms with E-state index in [1.54, 1.807) is 30.5 Å². The molecular weight excluding hydrogens is 381 g/mol. The molecule has 2 aromatic rings. The third kappa shape index (κ3) is 7.81. The number of nitrogens with one attached hydrogen (secondary N) is 1. The Kier molecular flexibility index (Phi) is 8.45. The zero-order valence-corrected chi connectivity index (χ0v) is 16.1. The SMILES string of the molecule is C/C(=C\C(=C/NC=O)c1ccc(OCCCCc2cccnc2)cc1)C(F)(F)F. The third-order valence-corrected chi connectivity index (χ3v) is 4.16. The van der Waals surface area contributed by atoms with E-state index in [1.165, 1.54) is 11.8 Å². The second-order valence-electron chi connectivity index (χ2n) is 6.40. The number of allylic oxidation sites excluding steroid dienone is 3. The van der Waals surface area contributed by atoms with Crippen LogP contribution in [0.4, 0.5) is 13.2 Å². The van der Waals surface area contributed by atoms with E-state index in [-0.39, 0.29) is 5.57 Å². The molecule has 0 aliphatic heterocycles. The van der Waals surface area contributed by atoms with Crippen molar-refractivity contribution in [2.24, 2.45) is 0 Å². The molecule has 0 radical (unpaired) electrons. The number of aryl methyl sites for hydroxylation is 1. The number of carbonyl (C=O) groups is 1. The van der Waals surface area contributed by atoms with Crippen molar-refractivity contribution in [2.75, 3.05) is 6.61 Å². The minimum absolute atomic E-state index is 0.245. The summed E-state index contributed by atoms with van der Waals surface area (Å²) in [6.07, 6.45) is 4.55. The van der Waals surface area contributed by atoms with Crippen LogP contribution in [-0.4, -0.2) is 24.2 Å². The number of unbranched alkanes of at least 4 members (excludes halogenated alkanes) is 1. The summed E-state index contributed by atoms with van der Waals surface area (Å²) in [4.78, 5) is 14.6. The maximum atomic E-state index is 12.8. The van der Waals surface area contributed by atoms with Crippen LogP contribution >= 0.6 is 0 Å². The quantitative estimate of drug-likeness (QED) is 0.341. The number of pyridine rings is 1. The summed E-state index contributed by atoms with van der Waals surface area (Å²) in [6, 6.07) is 10.6. The lowest BCUT2D eigenvalue weighted by Crippen LogP contribution is -2.09. The molecule has 29 heavy (non-hydrogen) atoms. The van der Waals surface area contributed by atoms with Gasteiger partial charge in [-0.15, -0.1) is 0 Å². The zero-order valence-electron chi connectivity index (χ0n) is 16.1. The molecule has 1 aromatic carbocycles. The molecule has 0 atom stereocenters. The molecule has 1 heterocycles. The molecule has 1 N–H and O–H groups in total. The number of alkyl halides is 3. The number of rotatable bonds is 10. The number of nitrogens with zero attached hydrogens (tertiary/aromatic N) is 1. The molecular formula is C22H23F3N2O2. The van der Waals surface area contributed by atoms with Crippen LogP contribution in [-0.2, 0) is 11.2 Å². The van der Waals surface area contributed by atoms with Gasteiger partial charge < -0.3 is 10.1 Å². The second kappa shape index (κ2) is 11.0. The van der Waals surface area contributed by atoms with Crippen molar-refractivity contribution in [1.29, 1.82) is 0 Å². The molecule has 0 saturated carbocycles. The lowest BCUT2D eigenvalue weighted by Gasteiger charge is -2.10. The van der Waals surface area contributed by atoms with Gasteiger partial charge in [0.2, 0.25) is 6.41 Å². The molecule has 2 rings (SSSR count). The van der Waals surface area contributed by atoms with Crippen LogP contribution in [0.3, 0.4) is 0 Å². The smallest absolute Gasteiger partial charge is 0.412 e. The van der Waals surface area contributed by atoms with Gasteiger partial charge in [-0.25, -0.2) is 0 Å². The van der Waals surface area contributed by atoms with Crippen molar-refractivity contribution >= 4 is 12.0 Å². The molecule has 1 aromatic heterocycles. The first kappa shape index (κ1) is 22.2. The predicted octanol–water partition coefficient (Wildman–Crippen LogP) is 5.08. The first-order chi connectivity index (χ1) is 13.9. The summed E-state index contributed by atoms with van der Waals surface area (Å²) in [7, 11) is 0. The third-order valence-electron chi connectivity index (χ3n) is 4.16. The average Bonchev–Trinajstić information content (AvgIpc) is 2.71. The van der Waals surface area contributed by atoms with E-state index in [4.69, 9.17) is 4.74 Å². The van der Waals surface area contributed by atoms with Gasteiger partial charge in [0.25, 0.3) is 0 Å². The van der Waals surface area contributed by atoms with Gasteiger partial charge in [-0.05, 0) is 67.2 Å². The number of hydrogen-bond acceptors (Lipinski definition) is 3. The van der Waals surface area contributed by atoms with E-state index in [0.29, 0.717) is 24.3 Å². The zero-order chi connectivity index (χ0) is 21.1. The van der Waals surface area contributed by atoms with Gasteiger partial charge in [-0.2, -0.15) is 13.2 Å². The summed E-state index contributed by atoms with van der Waals surface area (Å²) in [5.41, 5.74) is 1.20. The van der Waals surface area contributed by atoms with E-state index < -0.39 is 11.7 Å². The minimum Gasteiger partial charge on any atom is -0.494 e. The molecule has 0 unspecified atom stereocenters. The topological polar surface area (TPSA) is 51.2 Å². The first-order valence-corrected chi connectivity index (χ1v) is 9.17. The molecule has 0 aliphatic rings. The van der Waals surface area contributed by atoms with Crippen LogP contribution in [0.1, 0.15) is 30.9 Å². The molecule has 0 fully saturated rings. The monoisotopic (exact) mass is 404 g/mol. The number of aromatic nitrogens is 1. The van der Waals surface area contributed by atoms with Gasteiger partial charge >= 0.3 is 6.18 Å². The number of ether oxygens (including phenoxy) is 1. The van der Waals surface area contributed by atoms with E-state index in [9.17, 15) is 18.0 Å². The van der Waals surface area contributed by atoms with Crippen molar-refractivity contribution in [3.63, 3.8) is 0 Å². The number of benzene rings is 1. The number of carbonyl (C=O) groups excluding carboxylic acids is 1. The van der Waals surface area contributed by atoms with Gasteiger partial charge in [0.05, 0.1) is 6.61 Å². The lowest BCUT2D eigenvalue weighted by atomic mass is 10.0. The van der Waals surface area contributed by atoms with Crippen LogP contribution in [0.2, 0.25) is 0 Å². The van der Waals surface area contributed by atoms with Gasteiger partial charge in [0.1, 0.15) is 5.75 Å². The fourth-order valence-electron chi connectivity index (χ4n) is 2.56. The maximum Gasteiger partial charge on any atom is 0.412 e. The highest BCUT2D eigenvalue weighted by Crippen LogP contribution is 2.29. The molecule has 0 spiro atoms. The van der Waals surface area contributed by atoms with Gasteiger partial charge in [-0.3, -0.25) is 9.78 Å². The maximum absolute atomic E-state index is 12.8. The largest absolute Gasteiger partial charge is 0.494 e. The Balaban J connectivity index is 1.92. The van der Waals surface area contributed by atoms with Crippen molar-refractivity contribution in [2.45, 2.75) is 32.4 Å². The second-order valence-corrected chi connectivity index (χ2v) is 6.40. The molecule has 0 aliphatic carbocycles. The molecule has 154 valence electrons. The van der Waals surface area contributed by atoms with Crippen LogP contribution in [0.15, 0.2) is 66.6 Å². The minimum atomic E-state index is -4.43. The highest BCUT2D eigenvalue weighted by atomic mass is 19.4. The van der Waals surface area contributed by atoms with Crippen LogP contribution in [0, 0.1) is 0 Å².